The van der Waals surface area contributed by atoms with Crippen LogP contribution in [0.4, 0.5) is 0 Å². The van der Waals surface area contributed by atoms with Gasteiger partial charge in [-0.1, -0.05) is 37.8 Å². The second kappa shape index (κ2) is 5.57. The minimum atomic E-state index is -0.115. The lowest BCUT2D eigenvalue weighted by molar-refractivity contribution is 0.0933. The summed E-state index contributed by atoms with van der Waals surface area (Å²) in [6.45, 7) is 0. The maximum atomic E-state index is 12.3. The molecule has 3 heteroatoms. The molecule has 1 aromatic carbocycles. The lowest BCUT2D eigenvalue weighted by atomic mass is 10.0. The average molecular weight is 272 g/mol. The van der Waals surface area contributed by atoms with Crippen LogP contribution in [-0.2, 0) is 5.54 Å². The molecular weight excluding hydrogens is 248 g/mol. The van der Waals surface area contributed by atoms with Gasteiger partial charge < -0.3 is 11.1 Å². The minimum absolute atomic E-state index is 0.0605. The molecule has 0 atom stereocenters. The van der Waals surface area contributed by atoms with Crippen LogP contribution in [0.25, 0.3) is 0 Å². The van der Waals surface area contributed by atoms with E-state index in [1.54, 1.807) is 0 Å². The second-order valence-electron chi connectivity index (χ2n) is 6.40. The summed E-state index contributed by atoms with van der Waals surface area (Å²) in [6, 6.07) is 8.20. The van der Waals surface area contributed by atoms with Gasteiger partial charge in [-0.05, 0) is 43.4 Å². The molecule has 0 saturated heterocycles. The van der Waals surface area contributed by atoms with Gasteiger partial charge in [0.15, 0.2) is 0 Å². The molecule has 0 bridgehead atoms. The van der Waals surface area contributed by atoms with E-state index in [2.05, 4.69) is 5.32 Å². The zero-order chi connectivity index (χ0) is 14.0. The van der Waals surface area contributed by atoms with E-state index in [1.165, 1.54) is 25.7 Å². The quantitative estimate of drug-likeness (QED) is 0.831. The maximum absolute atomic E-state index is 12.3. The predicted octanol–water partition coefficient (Wildman–Crippen LogP) is 3.09. The Labute approximate surface area is 120 Å². The molecule has 2 fully saturated rings. The van der Waals surface area contributed by atoms with Crippen molar-refractivity contribution in [2.75, 3.05) is 0 Å². The molecule has 0 unspecified atom stereocenters. The van der Waals surface area contributed by atoms with E-state index in [9.17, 15) is 4.79 Å². The van der Waals surface area contributed by atoms with E-state index in [-0.39, 0.29) is 11.4 Å². The normalized spacial score (nSPS) is 22.1. The second-order valence-corrected chi connectivity index (χ2v) is 6.40. The molecule has 0 spiro atoms. The molecule has 2 aliphatic rings. The van der Waals surface area contributed by atoms with Crippen LogP contribution in [0.1, 0.15) is 67.3 Å². The Kier molecular flexibility index (Phi) is 3.79. The van der Waals surface area contributed by atoms with Crippen molar-refractivity contribution < 1.29 is 4.79 Å². The predicted molar refractivity (Wildman–Crippen MR) is 80.5 cm³/mol. The van der Waals surface area contributed by atoms with E-state index in [4.69, 9.17) is 5.73 Å². The Bertz CT molecular complexity index is 468. The van der Waals surface area contributed by atoms with Crippen LogP contribution in [0.3, 0.4) is 0 Å². The SMILES string of the molecule is NC1(c2ccc(C(=O)NC3CCCCCC3)cc2)CC1. The van der Waals surface area contributed by atoms with E-state index >= 15 is 0 Å². The fourth-order valence-corrected chi connectivity index (χ4v) is 3.07. The van der Waals surface area contributed by atoms with Gasteiger partial charge in [-0.3, -0.25) is 4.79 Å². The molecule has 0 aliphatic heterocycles. The van der Waals surface area contributed by atoms with Crippen molar-refractivity contribution in [3.8, 4) is 0 Å². The summed E-state index contributed by atoms with van der Waals surface area (Å²) in [6.07, 6.45) is 9.44. The molecule has 0 aromatic heterocycles. The third kappa shape index (κ3) is 3.04. The van der Waals surface area contributed by atoms with Gasteiger partial charge in [0.25, 0.3) is 5.91 Å². The molecule has 3 nitrogen and oxygen atoms in total. The monoisotopic (exact) mass is 272 g/mol. The molecular formula is C17H24N2O. The van der Waals surface area contributed by atoms with Crippen LogP contribution in [0.2, 0.25) is 0 Å². The number of rotatable bonds is 3. The van der Waals surface area contributed by atoms with Gasteiger partial charge in [0.05, 0.1) is 0 Å². The third-order valence-corrected chi connectivity index (χ3v) is 4.70. The van der Waals surface area contributed by atoms with Gasteiger partial charge in [-0.2, -0.15) is 0 Å². The van der Waals surface area contributed by atoms with E-state index in [1.807, 2.05) is 24.3 Å². The molecule has 2 saturated carbocycles. The third-order valence-electron chi connectivity index (χ3n) is 4.70. The van der Waals surface area contributed by atoms with E-state index < -0.39 is 0 Å². The highest BCUT2D eigenvalue weighted by molar-refractivity contribution is 5.94. The number of benzene rings is 1. The average Bonchev–Trinajstić information content (AvgIpc) is 3.24. The highest BCUT2D eigenvalue weighted by Gasteiger charge is 2.39. The molecule has 3 N–H and O–H groups in total. The summed E-state index contributed by atoms with van der Waals surface area (Å²) in [5.74, 6) is 0.0605. The Morgan fingerprint density at radius 2 is 1.65 bits per heavy atom. The summed E-state index contributed by atoms with van der Waals surface area (Å²) in [5.41, 5.74) is 7.95. The van der Waals surface area contributed by atoms with Crippen molar-refractivity contribution >= 4 is 5.91 Å². The molecule has 2 aliphatic carbocycles. The number of carbonyl (C=O) groups is 1. The van der Waals surface area contributed by atoms with Crippen molar-refractivity contribution in [1.82, 2.24) is 5.32 Å². The maximum Gasteiger partial charge on any atom is 0.251 e. The highest BCUT2D eigenvalue weighted by atomic mass is 16.1. The fraction of sp³-hybridized carbons (Fsp3) is 0.588. The van der Waals surface area contributed by atoms with Crippen LogP contribution >= 0.6 is 0 Å². The lowest BCUT2D eigenvalue weighted by Gasteiger charge is -2.16. The van der Waals surface area contributed by atoms with Crippen molar-refractivity contribution in [3.63, 3.8) is 0 Å². The number of amides is 1. The molecule has 1 aromatic rings. The van der Waals surface area contributed by atoms with E-state index in [0.717, 1.165) is 36.8 Å². The van der Waals surface area contributed by atoms with Crippen LogP contribution in [-0.4, -0.2) is 11.9 Å². The smallest absolute Gasteiger partial charge is 0.251 e. The summed E-state index contributed by atoms with van der Waals surface area (Å²) in [4.78, 5) is 12.3. The van der Waals surface area contributed by atoms with Crippen molar-refractivity contribution in [2.24, 2.45) is 5.73 Å². The first-order chi connectivity index (χ1) is 9.67. The number of hydrogen-bond acceptors (Lipinski definition) is 2. The van der Waals surface area contributed by atoms with Crippen molar-refractivity contribution in [2.45, 2.75) is 62.9 Å². The Morgan fingerprint density at radius 3 is 2.20 bits per heavy atom. The van der Waals surface area contributed by atoms with Gasteiger partial charge in [0.1, 0.15) is 0 Å². The Balaban J connectivity index is 1.61. The molecule has 0 heterocycles. The standard InChI is InChI=1S/C17H24N2O/c18-17(11-12-17)14-9-7-13(8-10-14)16(20)19-15-5-3-1-2-4-6-15/h7-10,15H,1-6,11-12,18H2,(H,19,20). The summed E-state index contributed by atoms with van der Waals surface area (Å²) < 4.78 is 0. The zero-order valence-electron chi connectivity index (χ0n) is 12.0. The fourth-order valence-electron chi connectivity index (χ4n) is 3.07. The van der Waals surface area contributed by atoms with E-state index in [0.29, 0.717) is 6.04 Å². The number of carbonyl (C=O) groups excluding carboxylic acids is 1. The van der Waals surface area contributed by atoms with Gasteiger partial charge in [-0.25, -0.2) is 0 Å². The van der Waals surface area contributed by atoms with Crippen molar-refractivity contribution in [3.05, 3.63) is 35.4 Å². The van der Waals surface area contributed by atoms with Crippen LogP contribution in [0, 0.1) is 0 Å². The summed E-state index contributed by atoms with van der Waals surface area (Å²) in [7, 11) is 0. The van der Waals surface area contributed by atoms with Crippen LogP contribution in [0.5, 0.6) is 0 Å². The molecule has 3 rings (SSSR count). The lowest BCUT2D eigenvalue weighted by Crippen LogP contribution is -2.34. The van der Waals surface area contributed by atoms with Crippen LogP contribution < -0.4 is 11.1 Å². The molecule has 0 radical (unpaired) electrons. The molecule has 20 heavy (non-hydrogen) atoms. The first-order valence-corrected chi connectivity index (χ1v) is 7.88. The van der Waals surface area contributed by atoms with Gasteiger partial charge in [0, 0.05) is 17.1 Å². The van der Waals surface area contributed by atoms with Crippen molar-refractivity contribution in [1.29, 1.82) is 0 Å². The Hall–Kier alpha value is -1.35. The van der Waals surface area contributed by atoms with Crippen LogP contribution in [0.15, 0.2) is 24.3 Å². The summed E-state index contributed by atoms with van der Waals surface area (Å²) in [5, 5.41) is 3.18. The molecule has 108 valence electrons. The Morgan fingerprint density at radius 1 is 1.05 bits per heavy atom. The molecule has 1 amide bonds. The zero-order valence-corrected chi connectivity index (χ0v) is 12.0. The number of hydrogen-bond donors (Lipinski definition) is 2. The number of nitrogens with two attached hydrogens (primary N) is 1. The number of nitrogens with one attached hydrogen (secondary N) is 1. The first kappa shape index (κ1) is 13.6. The van der Waals surface area contributed by atoms with Gasteiger partial charge >= 0.3 is 0 Å². The minimum Gasteiger partial charge on any atom is -0.349 e. The first-order valence-electron chi connectivity index (χ1n) is 7.88. The van der Waals surface area contributed by atoms with Gasteiger partial charge in [-0.15, -0.1) is 0 Å². The largest absolute Gasteiger partial charge is 0.349 e. The highest BCUT2D eigenvalue weighted by Crippen LogP contribution is 2.42. The topological polar surface area (TPSA) is 55.1 Å². The summed E-state index contributed by atoms with van der Waals surface area (Å²) >= 11 is 0. The van der Waals surface area contributed by atoms with Gasteiger partial charge in [0.2, 0.25) is 0 Å².